The molecule has 1 saturated heterocycles. The molecule has 1 fully saturated rings. The molecule has 0 amide bonds. The molecular formula is C21H27NO3. The van der Waals surface area contributed by atoms with Gasteiger partial charge in [0.15, 0.2) is 11.5 Å². The molecule has 4 heteroatoms. The average Bonchev–Trinajstić information content (AvgIpc) is 2.93. The molecule has 0 aromatic heterocycles. The van der Waals surface area contributed by atoms with Crippen LogP contribution in [-0.4, -0.2) is 41.4 Å². The lowest BCUT2D eigenvalue weighted by molar-refractivity contribution is 0.0475. The zero-order valence-electron chi connectivity index (χ0n) is 15.1. The van der Waals surface area contributed by atoms with Crippen molar-refractivity contribution < 1.29 is 14.9 Å². The first kappa shape index (κ1) is 17.8. The highest BCUT2D eigenvalue weighted by Gasteiger charge is 2.46. The molecule has 4 nitrogen and oxygen atoms in total. The van der Waals surface area contributed by atoms with Gasteiger partial charge in [-0.15, -0.1) is 0 Å². The number of ether oxygens (including phenoxy) is 1. The Morgan fingerprint density at radius 3 is 2.56 bits per heavy atom. The number of likely N-dealkylation sites (tertiary alicyclic amines) is 1. The van der Waals surface area contributed by atoms with Crippen molar-refractivity contribution in [1.82, 2.24) is 4.90 Å². The third-order valence-electron chi connectivity index (χ3n) is 5.61. The number of phenolic OH excluding ortho intramolecular Hbond substituents is 1. The number of aromatic hydroxyl groups is 1. The highest BCUT2D eigenvalue weighted by atomic mass is 16.5. The molecule has 3 rings (SSSR count). The Bertz CT molecular complexity index is 716. The molecular weight excluding hydrogens is 314 g/mol. The predicted octanol–water partition coefficient (Wildman–Crippen LogP) is 3.39. The van der Waals surface area contributed by atoms with Crippen molar-refractivity contribution in [1.29, 1.82) is 0 Å². The van der Waals surface area contributed by atoms with Crippen molar-refractivity contribution in [2.24, 2.45) is 5.41 Å². The fourth-order valence-electron chi connectivity index (χ4n) is 3.92. The molecule has 0 aliphatic carbocycles. The lowest BCUT2D eigenvalue weighted by Crippen LogP contribution is -2.36. The van der Waals surface area contributed by atoms with Crippen molar-refractivity contribution in [2.75, 3.05) is 20.2 Å². The summed E-state index contributed by atoms with van der Waals surface area (Å²) in [6.45, 7) is 6.53. The Kier molecular flexibility index (Phi) is 5.02. The second-order valence-electron chi connectivity index (χ2n) is 7.32. The second kappa shape index (κ2) is 7.06. The molecule has 0 saturated carbocycles. The van der Waals surface area contributed by atoms with Gasteiger partial charge in [-0.05, 0) is 30.2 Å². The fourth-order valence-corrected chi connectivity index (χ4v) is 3.92. The molecule has 134 valence electrons. The first-order chi connectivity index (χ1) is 11.9. The van der Waals surface area contributed by atoms with Crippen molar-refractivity contribution >= 4 is 0 Å². The first-order valence-electron chi connectivity index (χ1n) is 8.75. The summed E-state index contributed by atoms with van der Waals surface area (Å²) in [6.07, 6.45) is -0.442. The number of hydrogen-bond acceptors (Lipinski definition) is 4. The number of nitrogens with zero attached hydrogens (tertiary/aromatic N) is 1. The smallest absolute Gasteiger partial charge is 0.160 e. The maximum atomic E-state index is 10.5. The lowest BCUT2D eigenvalue weighted by atomic mass is 9.72. The van der Waals surface area contributed by atoms with E-state index in [0.29, 0.717) is 5.75 Å². The molecule has 0 spiro atoms. The van der Waals surface area contributed by atoms with Crippen LogP contribution in [0.2, 0.25) is 0 Å². The van der Waals surface area contributed by atoms with E-state index in [4.69, 9.17) is 4.74 Å². The van der Waals surface area contributed by atoms with Crippen LogP contribution in [0.25, 0.3) is 0 Å². The summed E-state index contributed by atoms with van der Waals surface area (Å²) < 4.78 is 5.15. The number of phenols is 1. The summed E-state index contributed by atoms with van der Waals surface area (Å²) >= 11 is 0. The number of benzene rings is 2. The molecule has 1 heterocycles. The Hall–Kier alpha value is -2.04. The zero-order valence-corrected chi connectivity index (χ0v) is 15.1. The minimum absolute atomic E-state index is 0.146. The highest BCUT2D eigenvalue weighted by Crippen LogP contribution is 2.46. The summed E-state index contributed by atoms with van der Waals surface area (Å²) in [5, 5.41) is 20.6. The van der Waals surface area contributed by atoms with E-state index in [-0.39, 0.29) is 17.1 Å². The maximum Gasteiger partial charge on any atom is 0.160 e. The van der Waals surface area contributed by atoms with Crippen molar-refractivity contribution in [2.45, 2.75) is 32.4 Å². The zero-order chi connectivity index (χ0) is 18.0. The average molecular weight is 341 g/mol. The van der Waals surface area contributed by atoms with Gasteiger partial charge in [0.2, 0.25) is 0 Å². The fraction of sp³-hybridized carbons (Fsp3) is 0.429. The molecule has 2 N–H and O–H groups in total. The molecule has 3 atom stereocenters. The number of aliphatic hydroxyl groups excluding tert-OH is 1. The van der Waals surface area contributed by atoms with Crippen LogP contribution in [0.15, 0.2) is 48.5 Å². The summed E-state index contributed by atoms with van der Waals surface area (Å²) in [5.74, 6) is 0.768. The van der Waals surface area contributed by atoms with Gasteiger partial charge in [-0.2, -0.15) is 0 Å². The quantitative estimate of drug-likeness (QED) is 0.875. The number of hydrogen-bond donors (Lipinski definition) is 2. The van der Waals surface area contributed by atoms with Crippen LogP contribution in [-0.2, 0) is 6.54 Å². The van der Waals surface area contributed by atoms with Crippen LogP contribution in [0.5, 0.6) is 11.5 Å². The van der Waals surface area contributed by atoms with Crippen molar-refractivity contribution in [3.05, 3.63) is 59.7 Å². The number of methoxy groups -OCH3 is 1. The van der Waals surface area contributed by atoms with Crippen LogP contribution in [0.4, 0.5) is 0 Å². The highest BCUT2D eigenvalue weighted by molar-refractivity contribution is 5.43. The van der Waals surface area contributed by atoms with Gasteiger partial charge in [0.1, 0.15) is 0 Å². The topological polar surface area (TPSA) is 52.9 Å². The van der Waals surface area contributed by atoms with E-state index in [1.165, 1.54) is 5.56 Å². The van der Waals surface area contributed by atoms with E-state index in [1.54, 1.807) is 19.2 Å². The van der Waals surface area contributed by atoms with Gasteiger partial charge in [-0.25, -0.2) is 0 Å². The van der Waals surface area contributed by atoms with Gasteiger partial charge in [0.25, 0.3) is 0 Å². The molecule has 1 aliphatic heterocycles. The number of rotatable bonds is 5. The summed E-state index contributed by atoms with van der Waals surface area (Å²) in [4.78, 5) is 2.38. The Balaban J connectivity index is 1.87. The minimum atomic E-state index is -0.442. The molecule has 0 bridgehead atoms. The first-order valence-corrected chi connectivity index (χ1v) is 8.75. The van der Waals surface area contributed by atoms with E-state index in [0.717, 1.165) is 25.2 Å². The largest absolute Gasteiger partial charge is 0.504 e. The molecule has 1 aliphatic rings. The molecule has 2 aromatic rings. The van der Waals surface area contributed by atoms with Gasteiger partial charge in [-0.3, -0.25) is 4.90 Å². The predicted molar refractivity (Wildman–Crippen MR) is 98.9 cm³/mol. The van der Waals surface area contributed by atoms with Crippen molar-refractivity contribution in [3.8, 4) is 11.5 Å². The van der Waals surface area contributed by atoms with E-state index in [1.807, 2.05) is 19.1 Å². The number of aliphatic hydroxyl groups is 1. The summed E-state index contributed by atoms with van der Waals surface area (Å²) in [7, 11) is 1.55. The Morgan fingerprint density at radius 2 is 1.96 bits per heavy atom. The minimum Gasteiger partial charge on any atom is -0.504 e. The van der Waals surface area contributed by atoms with Gasteiger partial charge in [-0.1, -0.05) is 43.3 Å². The molecule has 25 heavy (non-hydrogen) atoms. The van der Waals surface area contributed by atoms with Crippen molar-refractivity contribution in [3.63, 3.8) is 0 Å². The van der Waals surface area contributed by atoms with Crippen LogP contribution in [0, 0.1) is 5.41 Å². The van der Waals surface area contributed by atoms with E-state index in [9.17, 15) is 10.2 Å². The van der Waals surface area contributed by atoms with Gasteiger partial charge in [0.05, 0.1) is 13.2 Å². The summed E-state index contributed by atoms with van der Waals surface area (Å²) in [6, 6.07) is 16.0. The van der Waals surface area contributed by atoms with Crippen LogP contribution in [0.3, 0.4) is 0 Å². The normalized spacial score (nSPS) is 25.0. The summed E-state index contributed by atoms with van der Waals surface area (Å²) in [5.41, 5.74) is 2.04. The second-order valence-corrected chi connectivity index (χ2v) is 7.32. The van der Waals surface area contributed by atoms with E-state index >= 15 is 0 Å². The van der Waals surface area contributed by atoms with Gasteiger partial charge < -0.3 is 14.9 Å². The van der Waals surface area contributed by atoms with Gasteiger partial charge >= 0.3 is 0 Å². The van der Waals surface area contributed by atoms with E-state index < -0.39 is 6.10 Å². The molecule has 1 unspecified atom stereocenters. The van der Waals surface area contributed by atoms with Crippen LogP contribution < -0.4 is 4.74 Å². The SMILES string of the molecule is COc1ccc(C2CN(Cc3ccccc3)C[C@]2(C)[C@H](C)O)cc1O. The standard InChI is InChI=1S/C21H27NO3/c1-15(23)21(2)14-22(12-16-7-5-4-6-8-16)13-18(21)17-9-10-20(25-3)19(24)11-17/h4-11,15,18,23-24H,12-14H2,1-3H3/t15-,18?,21+/m0/s1. The van der Waals surface area contributed by atoms with E-state index in [2.05, 4.69) is 36.1 Å². The van der Waals surface area contributed by atoms with Gasteiger partial charge in [0, 0.05) is 31.0 Å². The molecule has 2 aromatic carbocycles. The third-order valence-corrected chi connectivity index (χ3v) is 5.61. The lowest BCUT2D eigenvalue weighted by Gasteiger charge is -2.34. The monoisotopic (exact) mass is 341 g/mol. The molecule has 0 radical (unpaired) electrons. The maximum absolute atomic E-state index is 10.5. The Labute approximate surface area is 149 Å². The third kappa shape index (κ3) is 3.51. The van der Waals surface area contributed by atoms with Crippen LogP contribution in [0.1, 0.15) is 30.9 Å². The Morgan fingerprint density at radius 1 is 1.24 bits per heavy atom. The van der Waals surface area contributed by atoms with Crippen LogP contribution >= 0.6 is 0 Å².